The number of ketones is 1. The van der Waals surface area contributed by atoms with Crippen molar-refractivity contribution in [1.82, 2.24) is 9.97 Å². The molecular weight excluding hydrogens is 212 g/mol. The minimum absolute atomic E-state index is 0.0377. The average molecular weight is 219 g/mol. The maximum absolute atomic E-state index is 11.3. The predicted molar refractivity (Wildman–Crippen MR) is 52.0 cm³/mol. The van der Waals surface area contributed by atoms with E-state index in [0.717, 1.165) is 0 Å². The molecule has 0 amide bonds. The molecule has 0 saturated heterocycles. The Kier molecular flexibility index (Phi) is 2.32. The summed E-state index contributed by atoms with van der Waals surface area (Å²) in [5.41, 5.74) is 0.519. The van der Waals surface area contributed by atoms with Gasteiger partial charge in [-0.05, 0) is 6.07 Å². The number of pyridine rings is 1. The van der Waals surface area contributed by atoms with Gasteiger partial charge in [-0.1, -0.05) is 0 Å². The molecule has 82 valence electrons. The number of carbonyl (C=O) groups is 2. The van der Waals surface area contributed by atoms with Crippen molar-refractivity contribution in [2.45, 2.75) is 0 Å². The van der Waals surface area contributed by atoms with Gasteiger partial charge >= 0.3 is 0 Å². The Bertz CT molecular complexity index is 573. The number of Topliss-reactive ketones (excluding diaryl/α,β-unsaturated/α-hetero) is 1. The summed E-state index contributed by atoms with van der Waals surface area (Å²) in [7, 11) is 1.43. The number of aliphatic carboxylic acids is 1. The standard InChI is InChI=1S/C10H8N2O4/c1-16-9-7-5(2-3-11-9)6(4-12-7)8(13)10(14)15/h2-4,12H,1H3,(H,14,15)/p-1. The number of nitrogens with zero attached hydrogens (tertiary/aromatic N) is 1. The first kappa shape index (κ1) is 10.2. The van der Waals surface area contributed by atoms with Crippen LogP contribution in [0.4, 0.5) is 0 Å². The number of ether oxygens (including phenoxy) is 1. The third kappa shape index (κ3) is 1.40. The lowest BCUT2D eigenvalue weighted by molar-refractivity contribution is -0.296. The highest BCUT2D eigenvalue weighted by Gasteiger charge is 2.15. The highest BCUT2D eigenvalue weighted by molar-refractivity contribution is 6.41. The first-order valence-corrected chi connectivity index (χ1v) is 4.41. The molecule has 6 nitrogen and oxygen atoms in total. The molecule has 0 aliphatic rings. The number of hydrogen-bond acceptors (Lipinski definition) is 5. The number of rotatable bonds is 3. The van der Waals surface area contributed by atoms with Crippen LogP contribution in [-0.4, -0.2) is 28.8 Å². The molecule has 0 radical (unpaired) electrons. The second-order valence-electron chi connectivity index (χ2n) is 3.06. The van der Waals surface area contributed by atoms with Crippen molar-refractivity contribution in [2.24, 2.45) is 0 Å². The molecule has 2 heterocycles. The maximum Gasteiger partial charge on any atom is 0.238 e. The number of aromatic amines is 1. The summed E-state index contributed by atoms with van der Waals surface area (Å²) in [6.45, 7) is 0. The lowest BCUT2D eigenvalue weighted by Crippen LogP contribution is -2.31. The van der Waals surface area contributed by atoms with Gasteiger partial charge in [-0.3, -0.25) is 4.79 Å². The van der Waals surface area contributed by atoms with Crippen molar-refractivity contribution in [3.05, 3.63) is 24.0 Å². The second kappa shape index (κ2) is 3.65. The number of carboxylic acids is 1. The monoisotopic (exact) mass is 219 g/mol. The lowest BCUT2D eigenvalue weighted by Gasteiger charge is -2.01. The van der Waals surface area contributed by atoms with Crippen LogP contribution < -0.4 is 9.84 Å². The molecule has 0 bridgehead atoms. The molecule has 0 unspecified atom stereocenters. The average Bonchev–Trinajstić information content (AvgIpc) is 2.71. The third-order valence-electron chi connectivity index (χ3n) is 2.19. The number of H-pyrrole nitrogens is 1. The summed E-state index contributed by atoms with van der Waals surface area (Å²) in [5.74, 6) is -2.51. The van der Waals surface area contributed by atoms with Gasteiger partial charge in [0, 0.05) is 23.3 Å². The van der Waals surface area contributed by atoms with Crippen LogP contribution in [0.15, 0.2) is 18.5 Å². The molecule has 0 atom stereocenters. The SMILES string of the molecule is COc1nccc2c(C(=O)C(=O)[O-])c[nH]c12. The highest BCUT2D eigenvalue weighted by atomic mass is 16.5. The van der Waals surface area contributed by atoms with E-state index in [2.05, 4.69) is 9.97 Å². The summed E-state index contributed by atoms with van der Waals surface area (Å²) in [4.78, 5) is 28.4. The number of nitrogens with one attached hydrogen (secondary N) is 1. The van der Waals surface area contributed by atoms with Gasteiger partial charge in [0.2, 0.25) is 11.7 Å². The van der Waals surface area contributed by atoms with Crippen molar-refractivity contribution < 1.29 is 19.4 Å². The number of fused-ring (bicyclic) bond motifs is 1. The molecule has 0 aliphatic carbocycles. The van der Waals surface area contributed by atoms with Crippen LogP contribution in [0.1, 0.15) is 10.4 Å². The fourth-order valence-electron chi connectivity index (χ4n) is 1.48. The molecule has 0 fully saturated rings. The predicted octanol–water partition coefficient (Wildman–Crippen LogP) is -0.496. The first-order chi connectivity index (χ1) is 7.65. The van der Waals surface area contributed by atoms with E-state index in [4.69, 9.17) is 4.74 Å². The molecule has 2 aromatic rings. The summed E-state index contributed by atoms with van der Waals surface area (Å²) < 4.78 is 4.96. The van der Waals surface area contributed by atoms with Crippen LogP contribution in [0, 0.1) is 0 Å². The molecule has 1 N–H and O–H groups in total. The smallest absolute Gasteiger partial charge is 0.238 e. The Labute approximate surface area is 89.9 Å². The Morgan fingerprint density at radius 3 is 2.88 bits per heavy atom. The Morgan fingerprint density at radius 2 is 2.25 bits per heavy atom. The van der Waals surface area contributed by atoms with E-state index in [1.807, 2.05) is 0 Å². The molecule has 0 saturated carbocycles. The van der Waals surface area contributed by atoms with Crippen LogP contribution >= 0.6 is 0 Å². The Morgan fingerprint density at radius 1 is 1.50 bits per heavy atom. The van der Waals surface area contributed by atoms with Crippen molar-refractivity contribution in [3.63, 3.8) is 0 Å². The van der Waals surface area contributed by atoms with Gasteiger partial charge in [0.05, 0.1) is 7.11 Å². The number of carboxylic acid groups (broad SMARTS) is 1. The minimum Gasteiger partial charge on any atom is -0.541 e. The minimum atomic E-state index is -1.74. The normalized spacial score (nSPS) is 10.3. The number of aromatic nitrogens is 2. The third-order valence-corrected chi connectivity index (χ3v) is 2.19. The quantitative estimate of drug-likeness (QED) is 0.554. The van der Waals surface area contributed by atoms with Gasteiger partial charge in [0.15, 0.2) is 0 Å². The van der Waals surface area contributed by atoms with Crippen LogP contribution in [0.2, 0.25) is 0 Å². The largest absolute Gasteiger partial charge is 0.541 e. The summed E-state index contributed by atoms with van der Waals surface area (Å²) in [6, 6.07) is 1.53. The van der Waals surface area contributed by atoms with Gasteiger partial charge in [0.25, 0.3) is 0 Å². The summed E-state index contributed by atoms with van der Waals surface area (Å²) in [6.07, 6.45) is 2.73. The molecule has 2 aromatic heterocycles. The molecule has 2 rings (SSSR count). The van der Waals surface area contributed by atoms with Crippen molar-refractivity contribution >= 4 is 22.7 Å². The second-order valence-corrected chi connectivity index (χ2v) is 3.06. The van der Waals surface area contributed by atoms with E-state index < -0.39 is 11.8 Å². The van der Waals surface area contributed by atoms with E-state index >= 15 is 0 Å². The van der Waals surface area contributed by atoms with Gasteiger partial charge in [0.1, 0.15) is 11.5 Å². The topological polar surface area (TPSA) is 95.1 Å². The number of methoxy groups -OCH3 is 1. The van der Waals surface area contributed by atoms with Crippen molar-refractivity contribution in [1.29, 1.82) is 0 Å². The molecule has 6 heteroatoms. The number of carbonyl (C=O) groups excluding carboxylic acids is 2. The summed E-state index contributed by atoms with van der Waals surface area (Å²) in [5, 5.41) is 10.9. The van der Waals surface area contributed by atoms with E-state index in [1.54, 1.807) is 0 Å². The maximum atomic E-state index is 11.3. The zero-order valence-electron chi connectivity index (χ0n) is 8.31. The molecule has 16 heavy (non-hydrogen) atoms. The van der Waals surface area contributed by atoms with Crippen LogP contribution in [0.3, 0.4) is 0 Å². The van der Waals surface area contributed by atoms with Gasteiger partial charge < -0.3 is 19.6 Å². The fraction of sp³-hybridized carbons (Fsp3) is 0.100. The van der Waals surface area contributed by atoms with Gasteiger partial charge in [-0.25, -0.2) is 4.98 Å². The lowest BCUT2D eigenvalue weighted by atomic mass is 10.1. The van der Waals surface area contributed by atoms with E-state index in [9.17, 15) is 14.7 Å². The van der Waals surface area contributed by atoms with Gasteiger partial charge in [-0.2, -0.15) is 0 Å². The number of hydrogen-bond donors (Lipinski definition) is 1. The zero-order chi connectivity index (χ0) is 11.7. The summed E-state index contributed by atoms with van der Waals surface area (Å²) >= 11 is 0. The zero-order valence-corrected chi connectivity index (χ0v) is 8.31. The fourth-order valence-corrected chi connectivity index (χ4v) is 1.48. The van der Waals surface area contributed by atoms with E-state index in [-0.39, 0.29) is 5.56 Å². The van der Waals surface area contributed by atoms with Crippen LogP contribution in [-0.2, 0) is 4.79 Å². The van der Waals surface area contributed by atoms with Gasteiger partial charge in [-0.15, -0.1) is 0 Å². The van der Waals surface area contributed by atoms with Crippen LogP contribution in [0.5, 0.6) is 5.88 Å². The Balaban J connectivity index is 2.66. The van der Waals surface area contributed by atoms with E-state index in [0.29, 0.717) is 16.8 Å². The molecule has 0 aliphatic heterocycles. The molecular formula is C10H7N2O4-. The highest BCUT2D eigenvalue weighted by Crippen LogP contribution is 2.24. The Hall–Kier alpha value is -2.37. The van der Waals surface area contributed by atoms with Crippen molar-refractivity contribution in [3.8, 4) is 5.88 Å². The molecule has 0 aromatic carbocycles. The van der Waals surface area contributed by atoms with Crippen LogP contribution in [0.25, 0.3) is 10.9 Å². The van der Waals surface area contributed by atoms with E-state index in [1.165, 1.54) is 25.6 Å². The van der Waals surface area contributed by atoms with Crippen molar-refractivity contribution in [2.75, 3.05) is 7.11 Å². The first-order valence-electron chi connectivity index (χ1n) is 4.41. The molecule has 0 spiro atoms.